The monoisotopic (exact) mass is 161 g/mol. The molecule has 0 saturated carbocycles. The Morgan fingerprint density at radius 1 is 1.64 bits per heavy atom. The predicted octanol–water partition coefficient (Wildman–Crippen LogP) is -0.216. The van der Waals surface area contributed by atoms with Crippen molar-refractivity contribution in [2.24, 2.45) is 0 Å². The van der Waals surface area contributed by atoms with Crippen LogP contribution in [0.5, 0.6) is 0 Å². The Morgan fingerprint density at radius 2 is 2.27 bits per heavy atom. The van der Waals surface area contributed by atoms with Crippen molar-refractivity contribution in [3.8, 4) is 0 Å². The fraction of sp³-hybridized carbons (Fsp3) is 0.857. The smallest absolute Gasteiger partial charge is 0.303 e. The molecule has 0 spiro atoms. The van der Waals surface area contributed by atoms with E-state index in [0.717, 1.165) is 0 Å². The summed E-state index contributed by atoms with van der Waals surface area (Å²) in [6.07, 6.45) is -0.178. The van der Waals surface area contributed by atoms with Gasteiger partial charge in [-0.25, -0.2) is 0 Å². The Labute approximate surface area is 66.9 Å². The molecule has 0 aromatic carbocycles. The van der Waals surface area contributed by atoms with Crippen LogP contribution in [0, 0.1) is 0 Å². The fourth-order valence-corrected chi connectivity index (χ4v) is 0.783. The maximum absolute atomic E-state index is 10.5. The predicted molar refractivity (Wildman–Crippen MR) is 41.4 cm³/mol. The number of methoxy groups -OCH3 is 1. The third-order valence-corrected chi connectivity index (χ3v) is 1.12. The zero-order valence-electron chi connectivity index (χ0n) is 7.22. The second-order valence-corrected chi connectivity index (χ2v) is 2.24. The summed E-state index contributed by atoms with van der Waals surface area (Å²) in [5.41, 5.74) is 0. The number of hydrogen-bond acceptors (Lipinski definition) is 4. The zero-order chi connectivity index (χ0) is 8.69. The van der Waals surface area contributed by atoms with E-state index in [4.69, 9.17) is 9.47 Å². The number of carbonyl (C=O) groups excluding carboxylic acids is 1. The number of nitrogens with one attached hydrogen (secondary N) is 1. The lowest BCUT2D eigenvalue weighted by Gasteiger charge is -2.14. The molecule has 0 aromatic heterocycles. The quantitative estimate of drug-likeness (QED) is 0.566. The van der Waals surface area contributed by atoms with Crippen LogP contribution in [0.4, 0.5) is 0 Å². The molecule has 0 fully saturated rings. The maximum atomic E-state index is 10.5. The highest BCUT2D eigenvalue weighted by Gasteiger charge is 2.09. The van der Waals surface area contributed by atoms with E-state index >= 15 is 0 Å². The molecule has 0 bridgehead atoms. The van der Waals surface area contributed by atoms with Gasteiger partial charge in [0.05, 0.1) is 6.61 Å². The Bertz CT molecular complexity index is 110. The van der Waals surface area contributed by atoms with E-state index in [-0.39, 0.29) is 12.1 Å². The van der Waals surface area contributed by atoms with Gasteiger partial charge >= 0.3 is 5.97 Å². The van der Waals surface area contributed by atoms with Crippen LogP contribution in [-0.4, -0.2) is 39.4 Å². The number of rotatable bonds is 5. The number of ether oxygens (including phenoxy) is 2. The van der Waals surface area contributed by atoms with E-state index in [1.165, 1.54) is 6.92 Å². The van der Waals surface area contributed by atoms with Crippen LogP contribution in [-0.2, 0) is 14.3 Å². The van der Waals surface area contributed by atoms with E-state index < -0.39 is 0 Å². The minimum Gasteiger partial charge on any atom is -0.459 e. The first kappa shape index (κ1) is 10.4. The standard InChI is InChI=1S/C7H15NO3/c1-6(9)11-7(4-8-2)5-10-3/h7-8H,4-5H2,1-3H3. The first-order chi connectivity index (χ1) is 5.20. The van der Waals surface area contributed by atoms with Crippen molar-refractivity contribution in [3.63, 3.8) is 0 Å². The first-order valence-corrected chi connectivity index (χ1v) is 3.51. The van der Waals surface area contributed by atoms with Crippen LogP contribution in [0.2, 0.25) is 0 Å². The first-order valence-electron chi connectivity index (χ1n) is 3.51. The third kappa shape index (κ3) is 5.82. The largest absolute Gasteiger partial charge is 0.459 e. The van der Waals surface area contributed by atoms with Crippen molar-refractivity contribution in [2.75, 3.05) is 27.3 Å². The molecule has 0 aliphatic carbocycles. The average Bonchev–Trinajstić information content (AvgIpc) is 1.87. The number of carbonyl (C=O) groups is 1. The van der Waals surface area contributed by atoms with E-state index in [9.17, 15) is 4.79 Å². The summed E-state index contributed by atoms with van der Waals surface area (Å²) in [7, 11) is 3.37. The van der Waals surface area contributed by atoms with Crippen molar-refractivity contribution in [1.82, 2.24) is 5.32 Å². The Hall–Kier alpha value is -0.610. The summed E-state index contributed by atoms with van der Waals surface area (Å²) >= 11 is 0. The van der Waals surface area contributed by atoms with Crippen LogP contribution in [0.3, 0.4) is 0 Å². The maximum Gasteiger partial charge on any atom is 0.303 e. The molecule has 0 amide bonds. The molecule has 1 N–H and O–H groups in total. The molecular formula is C7H15NO3. The van der Waals surface area contributed by atoms with Gasteiger partial charge in [-0.1, -0.05) is 0 Å². The molecule has 4 heteroatoms. The van der Waals surface area contributed by atoms with Gasteiger partial charge in [-0.3, -0.25) is 4.79 Å². The van der Waals surface area contributed by atoms with E-state index in [1.54, 1.807) is 14.2 Å². The van der Waals surface area contributed by atoms with Crippen LogP contribution >= 0.6 is 0 Å². The van der Waals surface area contributed by atoms with Gasteiger partial charge in [0.25, 0.3) is 0 Å². The van der Waals surface area contributed by atoms with Crippen LogP contribution < -0.4 is 5.32 Å². The Balaban J connectivity index is 3.59. The molecule has 4 nitrogen and oxygen atoms in total. The lowest BCUT2D eigenvalue weighted by atomic mass is 10.4. The number of hydrogen-bond donors (Lipinski definition) is 1. The second-order valence-electron chi connectivity index (χ2n) is 2.24. The molecule has 0 saturated heterocycles. The molecule has 0 aliphatic rings. The van der Waals surface area contributed by atoms with Gasteiger partial charge in [0.2, 0.25) is 0 Å². The molecule has 11 heavy (non-hydrogen) atoms. The van der Waals surface area contributed by atoms with Gasteiger partial charge in [-0.2, -0.15) is 0 Å². The minimum atomic E-state index is -0.276. The minimum absolute atomic E-state index is 0.178. The molecule has 0 rings (SSSR count). The summed E-state index contributed by atoms with van der Waals surface area (Å²) in [6, 6.07) is 0. The average molecular weight is 161 g/mol. The van der Waals surface area contributed by atoms with Gasteiger partial charge in [-0.05, 0) is 7.05 Å². The highest BCUT2D eigenvalue weighted by molar-refractivity contribution is 5.66. The molecular weight excluding hydrogens is 146 g/mol. The zero-order valence-corrected chi connectivity index (χ0v) is 7.22. The molecule has 0 aromatic rings. The molecule has 0 radical (unpaired) electrons. The van der Waals surface area contributed by atoms with Crippen LogP contribution in [0.15, 0.2) is 0 Å². The van der Waals surface area contributed by atoms with Crippen molar-refractivity contribution < 1.29 is 14.3 Å². The van der Waals surface area contributed by atoms with Crippen LogP contribution in [0.25, 0.3) is 0 Å². The summed E-state index contributed by atoms with van der Waals surface area (Å²) in [5.74, 6) is -0.276. The topological polar surface area (TPSA) is 47.6 Å². The lowest BCUT2D eigenvalue weighted by molar-refractivity contribution is -0.148. The van der Waals surface area contributed by atoms with Crippen molar-refractivity contribution in [3.05, 3.63) is 0 Å². The van der Waals surface area contributed by atoms with Gasteiger partial charge in [0.15, 0.2) is 0 Å². The Kier molecular flexibility index (Phi) is 5.78. The van der Waals surface area contributed by atoms with E-state index in [2.05, 4.69) is 5.32 Å². The normalized spacial score (nSPS) is 12.6. The van der Waals surface area contributed by atoms with Gasteiger partial charge in [0, 0.05) is 20.6 Å². The van der Waals surface area contributed by atoms with Crippen molar-refractivity contribution in [1.29, 1.82) is 0 Å². The van der Waals surface area contributed by atoms with Crippen molar-refractivity contribution >= 4 is 5.97 Å². The van der Waals surface area contributed by atoms with Crippen LogP contribution in [0.1, 0.15) is 6.92 Å². The molecule has 1 unspecified atom stereocenters. The molecule has 0 heterocycles. The highest BCUT2D eigenvalue weighted by Crippen LogP contribution is 1.91. The lowest BCUT2D eigenvalue weighted by Crippen LogP contribution is -2.31. The second kappa shape index (κ2) is 6.12. The van der Waals surface area contributed by atoms with Gasteiger partial charge < -0.3 is 14.8 Å². The third-order valence-electron chi connectivity index (χ3n) is 1.12. The molecule has 1 atom stereocenters. The summed E-state index contributed by atoms with van der Waals surface area (Å²) < 4.78 is 9.74. The molecule has 0 aliphatic heterocycles. The molecule has 66 valence electrons. The summed E-state index contributed by atoms with van der Waals surface area (Å²) in [4.78, 5) is 10.5. The van der Waals surface area contributed by atoms with E-state index in [0.29, 0.717) is 13.2 Å². The fourth-order valence-electron chi connectivity index (χ4n) is 0.783. The highest BCUT2D eigenvalue weighted by atomic mass is 16.6. The van der Waals surface area contributed by atoms with E-state index in [1.807, 2.05) is 0 Å². The Morgan fingerprint density at radius 3 is 2.64 bits per heavy atom. The SMILES string of the molecule is CNCC(COC)OC(C)=O. The summed E-state index contributed by atoms with van der Waals surface area (Å²) in [5, 5.41) is 2.90. The number of likely N-dealkylation sites (N-methyl/N-ethyl adjacent to an activating group) is 1. The van der Waals surface area contributed by atoms with Crippen molar-refractivity contribution in [2.45, 2.75) is 13.0 Å². The summed E-state index contributed by atoms with van der Waals surface area (Å²) in [6.45, 7) is 2.44. The van der Waals surface area contributed by atoms with Gasteiger partial charge in [0.1, 0.15) is 6.10 Å². The van der Waals surface area contributed by atoms with Gasteiger partial charge in [-0.15, -0.1) is 0 Å². The number of esters is 1.